The second kappa shape index (κ2) is 5.76. The Hall–Kier alpha value is -1.67. The van der Waals surface area contributed by atoms with Gasteiger partial charge in [-0.05, 0) is 40.7 Å². The highest BCUT2D eigenvalue weighted by Gasteiger charge is 2.14. The molecule has 0 aliphatic heterocycles. The highest BCUT2D eigenvalue weighted by Crippen LogP contribution is 2.24. The van der Waals surface area contributed by atoms with Crippen LogP contribution in [0.4, 0.5) is 4.39 Å². The molecule has 2 aromatic carbocycles. The van der Waals surface area contributed by atoms with Crippen LogP contribution in [0, 0.1) is 5.82 Å². The highest BCUT2D eigenvalue weighted by molar-refractivity contribution is 5.30. The number of benzene rings is 2. The van der Waals surface area contributed by atoms with E-state index in [0.717, 1.165) is 17.5 Å². The molecule has 106 valence electrons. The second-order valence-electron chi connectivity index (χ2n) is 6.31. The molecule has 1 nitrogen and oxygen atoms in total. The first-order valence-corrected chi connectivity index (χ1v) is 6.97. The van der Waals surface area contributed by atoms with Gasteiger partial charge in [0.2, 0.25) is 0 Å². The Labute approximate surface area is 120 Å². The Morgan fingerprint density at radius 2 is 1.50 bits per heavy atom. The molecule has 0 bridgehead atoms. The summed E-state index contributed by atoms with van der Waals surface area (Å²) >= 11 is 0. The van der Waals surface area contributed by atoms with Crippen molar-refractivity contribution in [2.45, 2.75) is 38.6 Å². The predicted molar refractivity (Wildman–Crippen MR) is 82.2 cm³/mol. The van der Waals surface area contributed by atoms with E-state index in [1.54, 1.807) is 12.1 Å². The maximum absolute atomic E-state index is 12.9. The van der Waals surface area contributed by atoms with E-state index in [-0.39, 0.29) is 17.3 Å². The molecule has 0 fully saturated rings. The van der Waals surface area contributed by atoms with Gasteiger partial charge in [0, 0.05) is 6.04 Å². The number of hydrogen-bond donors (Lipinski definition) is 1. The highest BCUT2D eigenvalue weighted by atomic mass is 19.1. The lowest BCUT2D eigenvalue weighted by Crippen LogP contribution is -2.15. The fraction of sp³-hybridized carbons (Fsp3) is 0.333. The third kappa shape index (κ3) is 3.67. The van der Waals surface area contributed by atoms with Gasteiger partial charge in [-0.2, -0.15) is 0 Å². The summed E-state index contributed by atoms with van der Waals surface area (Å²) in [7, 11) is 0. The zero-order chi connectivity index (χ0) is 14.8. The third-order valence-corrected chi connectivity index (χ3v) is 3.57. The number of hydrogen-bond acceptors (Lipinski definition) is 1. The molecule has 20 heavy (non-hydrogen) atoms. The normalized spacial score (nSPS) is 13.2. The first-order valence-electron chi connectivity index (χ1n) is 6.97. The summed E-state index contributed by atoms with van der Waals surface area (Å²) < 4.78 is 12.9. The van der Waals surface area contributed by atoms with Gasteiger partial charge < -0.3 is 5.73 Å². The van der Waals surface area contributed by atoms with Crippen LogP contribution in [0.2, 0.25) is 0 Å². The average Bonchev–Trinajstić information content (AvgIpc) is 2.40. The second-order valence-corrected chi connectivity index (χ2v) is 6.31. The lowest BCUT2D eigenvalue weighted by Gasteiger charge is -2.20. The van der Waals surface area contributed by atoms with E-state index in [9.17, 15) is 4.39 Å². The largest absolute Gasteiger partial charge is 0.324 e. The molecule has 2 aromatic rings. The van der Waals surface area contributed by atoms with Crippen LogP contribution in [0.15, 0.2) is 48.5 Å². The molecule has 2 rings (SSSR count). The van der Waals surface area contributed by atoms with Crippen molar-refractivity contribution in [2.24, 2.45) is 5.73 Å². The van der Waals surface area contributed by atoms with Crippen LogP contribution in [0.25, 0.3) is 0 Å². The van der Waals surface area contributed by atoms with Crippen LogP contribution in [-0.2, 0) is 11.8 Å². The summed E-state index contributed by atoms with van der Waals surface area (Å²) in [5.74, 6) is -0.211. The minimum Gasteiger partial charge on any atom is -0.324 e. The summed E-state index contributed by atoms with van der Waals surface area (Å²) in [6, 6.07) is 14.9. The number of nitrogens with two attached hydrogens (primary N) is 1. The number of halogens is 1. The molecule has 1 atom stereocenters. The van der Waals surface area contributed by atoms with Crippen LogP contribution in [0.5, 0.6) is 0 Å². The molecule has 0 aliphatic carbocycles. The summed E-state index contributed by atoms with van der Waals surface area (Å²) in [4.78, 5) is 0. The fourth-order valence-electron chi connectivity index (χ4n) is 2.22. The molecule has 0 aliphatic rings. The van der Waals surface area contributed by atoms with Crippen molar-refractivity contribution in [1.29, 1.82) is 0 Å². The first-order chi connectivity index (χ1) is 9.36. The molecule has 0 amide bonds. The molecule has 1 unspecified atom stereocenters. The lowest BCUT2D eigenvalue weighted by atomic mass is 9.86. The van der Waals surface area contributed by atoms with Crippen molar-refractivity contribution in [1.82, 2.24) is 0 Å². The Bertz CT molecular complexity index is 549. The van der Waals surface area contributed by atoms with Crippen LogP contribution in [0.3, 0.4) is 0 Å². The van der Waals surface area contributed by atoms with Crippen molar-refractivity contribution in [3.8, 4) is 0 Å². The topological polar surface area (TPSA) is 26.0 Å². The Balaban J connectivity index is 2.09. The maximum atomic E-state index is 12.9. The summed E-state index contributed by atoms with van der Waals surface area (Å²) in [6.07, 6.45) is 0.717. The Morgan fingerprint density at radius 1 is 0.950 bits per heavy atom. The van der Waals surface area contributed by atoms with Crippen LogP contribution >= 0.6 is 0 Å². The van der Waals surface area contributed by atoms with Crippen molar-refractivity contribution in [3.05, 3.63) is 71.0 Å². The number of rotatable bonds is 3. The summed E-state index contributed by atoms with van der Waals surface area (Å²) in [5.41, 5.74) is 9.85. The molecule has 2 N–H and O–H groups in total. The lowest BCUT2D eigenvalue weighted by molar-refractivity contribution is 0.589. The Kier molecular flexibility index (Phi) is 4.24. The SMILES string of the molecule is CC(C)(C)c1ccc(C(N)Cc2ccc(F)cc2)cc1. The molecule has 0 heterocycles. The smallest absolute Gasteiger partial charge is 0.123 e. The quantitative estimate of drug-likeness (QED) is 0.881. The summed E-state index contributed by atoms with van der Waals surface area (Å²) in [5, 5.41) is 0. The van der Waals surface area contributed by atoms with Gasteiger partial charge in [-0.25, -0.2) is 4.39 Å². The van der Waals surface area contributed by atoms with Crippen molar-refractivity contribution in [3.63, 3.8) is 0 Å². The van der Waals surface area contributed by atoms with Gasteiger partial charge in [0.05, 0.1) is 0 Å². The standard InChI is InChI=1S/C18H22FN/c1-18(2,3)15-8-6-14(7-9-15)17(20)12-13-4-10-16(19)11-5-13/h4-11,17H,12,20H2,1-3H3. The molecule has 0 aromatic heterocycles. The van der Waals surface area contributed by atoms with Crippen LogP contribution in [0.1, 0.15) is 43.5 Å². The predicted octanol–water partition coefficient (Wildman–Crippen LogP) is 4.37. The van der Waals surface area contributed by atoms with E-state index >= 15 is 0 Å². The van der Waals surface area contributed by atoms with Gasteiger partial charge in [0.1, 0.15) is 5.82 Å². The minimum atomic E-state index is -0.211. The van der Waals surface area contributed by atoms with Gasteiger partial charge in [0.25, 0.3) is 0 Å². The zero-order valence-electron chi connectivity index (χ0n) is 12.4. The third-order valence-electron chi connectivity index (χ3n) is 3.57. The molecule has 0 saturated heterocycles. The van der Waals surface area contributed by atoms with Gasteiger partial charge in [-0.15, -0.1) is 0 Å². The average molecular weight is 271 g/mol. The van der Waals surface area contributed by atoms with Gasteiger partial charge in [-0.1, -0.05) is 57.2 Å². The Morgan fingerprint density at radius 3 is 2.00 bits per heavy atom. The van der Waals surface area contributed by atoms with E-state index in [1.165, 1.54) is 17.7 Å². The van der Waals surface area contributed by atoms with E-state index in [1.807, 2.05) is 0 Å². The van der Waals surface area contributed by atoms with E-state index in [4.69, 9.17) is 5.73 Å². The molecular formula is C18H22FN. The fourth-order valence-corrected chi connectivity index (χ4v) is 2.22. The summed E-state index contributed by atoms with van der Waals surface area (Å²) in [6.45, 7) is 6.58. The van der Waals surface area contributed by atoms with Gasteiger partial charge in [0.15, 0.2) is 0 Å². The van der Waals surface area contributed by atoms with Crippen molar-refractivity contribution < 1.29 is 4.39 Å². The molecule has 0 saturated carbocycles. The van der Waals surface area contributed by atoms with Gasteiger partial charge in [-0.3, -0.25) is 0 Å². The van der Waals surface area contributed by atoms with Crippen LogP contribution in [-0.4, -0.2) is 0 Å². The van der Waals surface area contributed by atoms with E-state index in [2.05, 4.69) is 45.0 Å². The molecule has 2 heteroatoms. The van der Waals surface area contributed by atoms with Crippen LogP contribution < -0.4 is 5.73 Å². The zero-order valence-corrected chi connectivity index (χ0v) is 12.4. The van der Waals surface area contributed by atoms with Crippen molar-refractivity contribution >= 4 is 0 Å². The van der Waals surface area contributed by atoms with Gasteiger partial charge >= 0.3 is 0 Å². The van der Waals surface area contributed by atoms with Crippen molar-refractivity contribution in [2.75, 3.05) is 0 Å². The first kappa shape index (κ1) is 14.7. The monoisotopic (exact) mass is 271 g/mol. The molecule has 0 radical (unpaired) electrons. The van der Waals surface area contributed by atoms with E-state index < -0.39 is 0 Å². The molecule has 0 spiro atoms. The maximum Gasteiger partial charge on any atom is 0.123 e. The minimum absolute atomic E-state index is 0.0607. The van der Waals surface area contributed by atoms with E-state index in [0.29, 0.717) is 0 Å². The molecular weight excluding hydrogens is 249 g/mol.